The number of hydrogen-bond donors (Lipinski definition) is 1. The van der Waals surface area contributed by atoms with Crippen molar-refractivity contribution in [3.63, 3.8) is 0 Å². The van der Waals surface area contributed by atoms with Gasteiger partial charge in [0.05, 0.1) is 12.2 Å². The van der Waals surface area contributed by atoms with E-state index in [-0.39, 0.29) is 0 Å². The highest BCUT2D eigenvalue weighted by molar-refractivity contribution is 5.77. The van der Waals surface area contributed by atoms with E-state index in [1.807, 2.05) is 30.3 Å². The van der Waals surface area contributed by atoms with Crippen LogP contribution in [0.2, 0.25) is 0 Å². The van der Waals surface area contributed by atoms with E-state index in [0.29, 0.717) is 13.1 Å². The number of nitrogens with zero attached hydrogens (tertiary/aromatic N) is 2. The molecule has 0 spiro atoms. The molecule has 1 N–H and O–H groups in total. The van der Waals surface area contributed by atoms with Gasteiger partial charge in [-0.3, -0.25) is 0 Å². The highest BCUT2D eigenvalue weighted by Crippen LogP contribution is 2.18. The molecule has 0 fully saturated rings. The Morgan fingerprint density at radius 3 is 2.89 bits per heavy atom. The van der Waals surface area contributed by atoms with Gasteiger partial charge >= 0.3 is 0 Å². The molecule has 2 heterocycles. The maximum Gasteiger partial charge on any atom is 0.134 e. The molecule has 2 aromatic heterocycles. The maximum absolute atomic E-state index is 5.71. The number of hydrogen-bond acceptors (Lipinski definition) is 4. The van der Waals surface area contributed by atoms with E-state index in [9.17, 15) is 0 Å². The van der Waals surface area contributed by atoms with Gasteiger partial charge in [0.2, 0.25) is 0 Å². The molecular weight excluding hydrogens is 226 g/mol. The molecule has 0 atom stereocenters. The molecule has 0 radical (unpaired) electrons. The van der Waals surface area contributed by atoms with E-state index in [1.54, 1.807) is 12.5 Å². The molecule has 0 aliphatic heterocycles. The second-order valence-electron chi connectivity index (χ2n) is 4.05. The predicted octanol–water partition coefficient (Wildman–Crippen LogP) is 2.51. The van der Waals surface area contributed by atoms with E-state index in [0.717, 1.165) is 22.4 Å². The van der Waals surface area contributed by atoms with E-state index in [1.165, 1.54) is 0 Å². The number of fused-ring (bicyclic) bond motifs is 1. The zero-order valence-electron chi connectivity index (χ0n) is 9.84. The summed E-state index contributed by atoms with van der Waals surface area (Å²) in [7, 11) is 0. The molecule has 0 amide bonds. The highest BCUT2D eigenvalue weighted by Gasteiger charge is 2.02. The van der Waals surface area contributed by atoms with Crippen LogP contribution in [0.5, 0.6) is 0 Å². The normalized spacial score (nSPS) is 10.9. The molecule has 0 bridgehead atoms. The Morgan fingerprint density at radius 2 is 2.06 bits per heavy atom. The Labute approximate surface area is 105 Å². The van der Waals surface area contributed by atoms with Gasteiger partial charge in [0, 0.05) is 18.1 Å². The Hall–Kier alpha value is -2.20. The summed E-state index contributed by atoms with van der Waals surface area (Å²) in [5.74, 6) is 0.935. The highest BCUT2D eigenvalue weighted by atomic mass is 16.3. The van der Waals surface area contributed by atoms with Crippen LogP contribution < -0.4 is 5.32 Å². The molecule has 0 unspecified atom stereocenters. The largest absolute Gasteiger partial charge is 0.460 e. The van der Waals surface area contributed by atoms with Crippen LogP contribution in [0, 0.1) is 0 Å². The van der Waals surface area contributed by atoms with Gasteiger partial charge in [0.1, 0.15) is 17.7 Å². The van der Waals surface area contributed by atoms with Crippen molar-refractivity contribution in [2.45, 2.75) is 13.1 Å². The Kier molecular flexibility index (Phi) is 3.02. The van der Waals surface area contributed by atoms with Crippen LogP contribution in [-0.4, -0.2) is 9.97 Å². The molecule has 18 heavy (non-hydrogen) atoms. The van der Waals surface area contributed by atoms with Gasteiger partial charge in [-0.15, -0.1) is 0 Å². The number of para-hydroxylation sites is 1. The van der Waals surface area contributed by atoms with E-state index >= 15 is 0 Å². The lowest BCUT2D eigenvalue weighted by atomic mass is 10.2. The van der Waals surface area contributed by atoms with Gasteiger partial charge in [-0.2, -0.15) is 0 Å². The number of aromatic nitrogens is 2. The van der Waals surface area contributed by atoms with Crippen molar-refractivity contribution in [3.8, 4) is 0 Å². The number of rotatable bonds is 4. The van der Waals surface area contributed by atoms with Crippen molar-refractivity contribution in [2.24, 2.45) is 0 Å². The first-order valence-electron chi connectivity index (χ1n) is 5.85. The molecule has 0 aliphatic carbocycles. The Bertz CT molecular complexity index is 601. The van der Waals surface area contributed by atoms with Gasteiger partial charge in [-0.1, -0.05) is 18.2 Å². The van der Waals surface area contributed by atoms with Crippen LogP contribution in [0.4, 0.5) is 0 Å². The molecule has 90 valence electrons. The average molecular weight is 239 g/mol. The van der Waals surface area contributed by atoms with Gasteiger partial charge in [-0.05, 0) is 18.2 Å². The summed E-state index contributed by atoms with van der Waals surface area (Å²) in [4.78, 5) is 8.03. The third kappa shape index (κ3) is 2.38. The minimum atomic E-state index is 0.693. The maximum atomic E-state index is 5.71. The third-order valence-electron chi connectivity index (χ3n) is 2.73. The standard InChI is InChI=1S/C14H13N3O/c1-2-4-14-11(3-1)7-13(18-14)9-16-8-12-5-6-15-10-17-12/h1-7,10,16H,8-9H2. The fourth-order valence-electron chi connectivity index (χ4n) is 1.86. The van der Waals surface area contributed by atoms with Crippen molar-refractivity contribution in [2.75, 3.05) is 0 Å². The zero-order chi connectivity index (χ0) is 12.2. The minimum absolute atomic E-state index is 0.693. The van der Waals surface area contributed by atoms with Crippen LogP contribution in [-0.2, 0) is 13.1 Å². The molecule has 3 aromatic rings. The molecule has 4 nitrogen and oxygen atoms in total. The van der Waals surface area contributed by atoms with E-state index < -0.39 is 0 Å². The van der Waals surface area contributed by atoms with Gasteiger partial charge in [0.25, 0.3) is 0 Å². The summed E-state index contributed by atoms with van der Waals surface area (Å²) in [5.41, 5.74) is 1.90. The molecule has 0 aliphatic rings. The lowest BCUT2D eigenvalue weighted by Gasteiger charge is -2.00. The first-order valence-corrected chi connectivity index (χ1v) is 5.85. The zero-order valence-corrected chi connectivity index (χ0v) is 9.84. The fraction of sp³-hybridized carbons (Fsp3) is 0.143. The Balaban J connectivity index is 1.63. The quantitative estimate of drug-likeness (QED) is 0.760. The molecule has 1 aromatic carbocycles. The summed E-state index contributed by atoms with van der Waals surface area (Å²) in [6, 6.07) is 12.0. The second-order valence-corrected chi connectivity index (χ2v) is 4.05. The van der Waals surface area contributed by atoms with Gasteiger partial charge in [-0.25, -0.2) is 9.97 Å². The second kappa shape index (κ2) is 4.98. The molecule has 3 rings (SSSR count). The Morgan fingerprint density at radius 1 is 1.11 bits per heavy atom. The monoisotopic (exact) mass is 239 g/mol. The summed E-state index contributed by atoms with van der Waals surface area (Å²) in [5, 5.41) is 4.43. The topological polar surface area (TPSA) is 51.0 Å². The van der Waals surface area contributed by atoms with Crippen LogP contribution >= 0.6 is 0 Å². The van der Waals surface area contributed by atoms with Gasteiger partial charge < -0.3 is 9.73 Å². The van der Waals surface area contributed by atoms with Crippen molar-refractivity contribution < 1.29 is 4.42 Å². The summed E-state index contributed by atoms with van der Waals surface area (Å²) < 4.78 is 5.71. The van der Waals surface area contributed by atoms with E-state index in [2.05, 4.69) is 21.4 Å². The first-order chi connectivity index (χ1) is 8.92. The molecular formula is C14H13N3O. The smallest absolute Gasteiger partial charge is 0.134 e. The van der Waals surface area contributed by atoms with Crippen LogP contribution in [0.1, 0.15) is 11.5 Å². The fourth-order valence-corrected chi connectivity index (χ4v) is 1.86. The van der Waals surface area contributed by atoms with Crippen LogP contribution in [0.15, 0.2) is 53.3 Å². The number of nitrogens with one attached hydrogen (secondary N) is 1. The molecule has 0 saturated heterocycles. The van der Waals surface area contributed by atoms with Crippen molar-refractivity contribution in [1.29, 1.82) is 0 Å². The van der Waals surface area contributed by atoms with Crippen molar-refractivity contribution in [3.05, 3.63) is 60.4 Å². The predicted molar refractivity (Wildman–Crippen MR) is 68.8 cm³/mol. The number of benzene rings is 1. The number of furan rings is 1. The van der Waals surface area contributed by atoms with Crippen molar-refractivity contribution >= 4 is 11.0 Å². The van der Waals surface area contributed by atoms with Crippen molar-refractivity contribution in [1.82, 2.24) is 15.3 Å². The summed E-state index contributed by atoms with van der Waals surface area (Å²) in [6.45, 7) is 1.40. The van der Waals surface area contributed by atoms with E-state index in [4.69, 9.17) is 4.42 Å². The average Bonchev–Trinajstić information content (AvgIpc) is 2.82. The summed E-state index contributed by atoms with van der Waals surface area (Å²) >= 11 is 0. The molecule has 4 heteroatoms. The third-order valence-corrected chi connectivity index (χ3v) is 2.73. The lowest BCUT2D eigenvalue weighted by molar-refractivity contribution is 0.512. The molecule has 0 saturated carbocycles. The van der Waals surface area contributed by atoms with Crippen LogP contribution in [0.3, 0.4) is 0 Å². The first kappa shape index (κ1) is 10.9. The van der Waals surface area contributed by atoms with Crippen LogP contribution in [0.25, 0.3) is 11.0 Å². The summed E-state index contributed by atoms with van der Waals surface area (Å²) in [6.07, 6.45) is 3.30. The lowest BCUT2D eigenvalue weighted by Crippen LogP contribution is -2.13. The minimum Gasteiger partial charge on any atom is -0.460 e. The van der Waals surface area contributed by atoms with Gasteiger partial charge in [0.15, 0.2) is 0 Å². The SMILES string of the molecule is c1ccc2oc(CNCc3ccncn3)cc2c1.